The van der Waals surface area contributed by atoms with E-state index in [1.54, 1.807) is 50.6 Å². The van der Waals surface area contributed by atoms with Crippen LogP contribution in [0.4, 0.5) is 0 Å². The monoisotopic (exact) mass is 1240 g/mol. The molecule has 0 spiro atoms. The first-order valence-corrected chi connectivity index (χ1v) is 31.8. The molecule has 2 aromatic carbocycles. The molecule has 0 aromatic heterocycles. The van der Waals surface area contributed by atoms with Crippen LogP contribution in [0.3, 0.4) is 0 Å². The van der Waals surface area contributed by atoms with Crippen molar-refractivity contribution in [3.05, 3.63) is 82.5 Å². The zero-order valence-corrected chi connectivity index (χ0v) is 56.9. The Morgan fingerprint density at radius 1 is 0.551 bits per heavy atom. The number of allylic oxidation sites excluding steroid dienone is 4. The first-order valence-electron chi connectivity index (χ1n) is 31.8. The van der Waals surface area contributed by atoms with Crippen molar-refractivity contribution in [1.82, 2.24) is 10.2 Å². The van der Waals surface area contributed by atoms with E-state index >= 15 is 0 Å². The Balaban J connectivity index is 0.000000385. The van der Waals surface area contributed by atoms with Crippen LogP contribution < -0.4 is 33.7 Å². The molecule has 2 atom stereocenters. The van der Waals surface area contributed by atoms with E-state index in [-0.39, 0.29) is 41.3 Å². The molecule has 17 heteroatoms. The number of hydrogen-bond donors (Lipinski definition) is 2. The molecule has 0 radical (unpaired) electrons. The Hall–Kier alpha value is -7.01. The van der Waals surface area contributed by atoms with Crippen molar-refractivity contribution in [3.8, 4) is 34.5 Å². The fourth-order valence-corrected chi connectivity index (χ4v) is 10.3. The second kappa shape index (κ2) is 41.3. The molecular formula is C72H108N2O15. The molecule has 3 aliphatic carbocycles. The molecule has 2 heterocycles. The lowest BCUT2D eigenvalue weighted by Crippen LogP contribution is -2.40. The van der Waals surface area contributed by atoms with Gasteiger partial charge in [0.25, 0.3) is 11.8 Å². The van der Waals surface area contributed by atoms with Gasteiger partial charge in [-0.3, -0.25) is 33.7 Å². The first kappa shape index (κ1) is 78.1. The summed E-state index contributed by atoms with van der Waals surface area (Å²) < 4.78 is 36.9. The molecule has 89 heavy (non-hydrogen) atoms. The lowest BCUT2D eigenvalue weighted by Gasteiger charge is -2.27. The van der Waals surface area contributed by atoms with Crippen LogP contribution in [-0.4, -0.2) is 119 Å². The quantitative estimate of drug-likeness (QED) is 0.125. The molecule has 5 fully saturated rings. The van der Waals surface area contributed by atoms with Crippen molar-refractivity contribution in [2.45, 2.75) is 197 Å². The first-order chi connectivity index (χ1) is 42.1. The van der Waals surface area contributed by atoms with Gasteiger partial charge in [-0.15, -0.1) is 0 Å². The van der Waals surface area contributed by atoms with E-state index in [1.807, 2.05) is 54.5 Å². The second-order valence-corrected chi connectivity index (χ2v) is 25.0. The van der Waals surface area contributed by atoms with Gasteiger partial charge in [-0.25, -0.2) is 4.79 Å². The van der Waals surface area contributed by atoms with Gasteiger partial charge in [0.1, 0.15) is 17.2 Å². The van der Waals surface area contributed by atoms with Crippen LogP contribution in [0.25, 0.3) is 12.2 Å². The highest BCUT2D eigenvalue weighted by Crippen LogP contribution is 2.40. The fourth-order valence-electron chi connectivity index (χ4n) is 10.3. The maximum atomic E-state index is 12.5. The number of hydrogen-bond acceptors (Lipinski definition) is 15. The molecule has 7 rings (SSSR count). The number of imide groups is 1. The highest BCUT2D eigenvalue weighted by Gasteiger charge is 2.31. The van der Waals surface area contributed by atoms with Crippen LogP contribution in [0.1, 0.15) is 196 Å². The number of benzene rings is 2. The number of aliphatic hydroxyl groups excluding tert-OH is 1. The van der Waals surface area contributed by atoms with Crippen molar-refractivity contribution in [3.63, 3.8) is 0 Å². The highest BCUT2D eigenvalue weighted by atomic mass is 16.6. The largest absolute Gasteiger partial charge is 0.493 e. The molecule has 2 aliphatic heterocycles. The van der Waals surface area contributed by atoms with Crippen LogP contribution in [0, 0.1) is 29.6 Å². The number of carbonyl (C=O) groups is 7. The number of nitrogens with one attached hydrogen (secondary N) is 1. The number of Topliss-reactive ketones (excluding diaryl/α,β-unsaturated/α-hetero) is 3. The van der Waals surface area contributed by atoms with E-state index in [9.17, 15) is 38.7 Å². The molecule has 2 N–H and O–H groups in total. The zero-order valence-electron chi connectivity index (χ0n) is 56.9. The number of esters is 1. The predicted molar refractivity (Wildman–Crippen MR) is 352 cm³/mol. The summed E-state index contributed by atoms with van der Waals surface area (Å²) in [6.07, 6.45) is 28.3. The van der Waals surface area contributed by atoms with E-state index in [0.717, 1.165) is 113 Å². The number of rotatable bonds is 15. The summed E-state index contributed by atoms with van der Waals surface area (Å²) in [6, 6.07) is 6.99. The third-order valence-electron chi connectivity index (χ3n) is 14.6. The number of amides is 3. The van der Waals surface area contributed by atoms with Crippen molar-refractivity contribution in [1.29, 1.82) is 0 Å². The number of piperidine rings is 2. The van der Waals surface area contributed by atoms with Crippen LogP contribution >= 0.6 is 0 Å². The minimum atomic E-state index is -0.517. The molecule has 2 saturated heterocycles. The Morgan fingerprint density at radius 2 is 1.00 bits per heavy atom. The van der Waals surface area contributed by atoms with E-state index in [4.69, 9.17) is 33.2 Å². The Kier molecular flexibility index (Phi) is 36.3. The summed E-state index contributed by atoms with van der Waals surface area (Å²) in [5.74, 6) is 4.76. The van der Waals surface area contributed by atoms with Crippen molar-refractivity contribution in [2.75, 3.05) is 55.7 Å². The lowest BCUT2D eigenvalue weighted by molar-refractivity contribution is -0.148. The summed E-state index contributed by atoms with van der Waals surface area (Å²) in [5, 5.41) is 12.5. The summed E-state index contributed by atoms with van der Waals surface area (Å²) in [6.45, 7) is 23.1. The average Bonchev–Trinajstić information content (AvgIpc) is 3.06. The maximum Gasteiger partial charge on any atom is 0.331 e. The minimum absolute atomic E-state index is 0.0706. The summed E-state index contributed by atoms with van der Waals surface area (Å²) in [7, 11) is 9.22. The zero-order chi connectivity index (χ0) is 66.8. The minimum Gasteiger partial charge on any atom is -0.493 e. The van der Waals surface area contributed by atoms with Crippen LogP contribution in [0.2, 0.25) is 0 Å². The molecule has 0 bridgehead atoms. The standard InChI is InChI=1S/C21H27NO5.C16H22O5.C10H18O2.C10H16O.C9H15NO.C6H10O/c1-14(2)11-16-7-6-10-22(21(16)24)19(23)9-8-15-12-17(25-3)20(27-5)18(13-15)26-4;1-16(2,3)21-14(17)8-7-11-9-12(18-4)15(20-6)13(10-11)19-5;1-7(2)10(12)8-5-3-4-6-9(8)11;1-8(2)7-9-5-3-4-6-10(9)11;1-7(2)6-8-4-3-5-10-9(8)11;7-6-4-2-1-3-5-6/h8-9,11-14H,6-7,10H2,1-5H3;7-10H,1-6H3;7-8,10,12H,3-6H2,1-2H3;7-8H,3-6H2,1-2H3;6-7H,3-5H2,1-2H3,(H,10,11);1-5H2/b9-8+,16-11?;8-7+;;;;. The Morgan fingerprint density at radius 3 is 1.43 bits per heavy atom. The van der Waals surface area contributed by atoms with Crippen molar-refractivity contribution < 1.29 is 71.8 Å². The van der Waals surface area contributed by atoms with Crippen molar-refractivity contribution >= 4 is 53.2 Å². The molecule has 496 valence electrons. The molecule has 3 amide bonds. The molecule has 2 aromatic rings. The average molecular weight is 1240 g/mol. The number of ketones is 3. The van der Waals surface area contributed by atoms with E-state index in [2.05, 4.69) is 45.2 Å². The highest BCUT2D eigenvalue weighted by molar-refractivity contribution is 6.09. The van der Waals surface area contributed by atoms with E-state index < -0.39 is 17.7 Å². The number of carbonyl (C=O) groups excluding carboxylic acids is 7. The number of ether oxygens (including phenoxy) is 7. The van der Waals surface area contributed by atoms with Gasteiger partial charge in [0.2, 0.25) is 17.4 Å². The van der Waals surface area contributed by atoms with E-state index in [1.165, 1.54) is 58.3 Å². The normalized spacial score (nSPS) is 18.8. The van der Waals surface area contributed by atoms with Gasteiger partial charge in [-0.05, 0) is 168 Å². The fraction of sp³-hybridized carbons (Fsp3) is 0.597. The summed E-state index contributed by atoms with van der Waals surface area (Å²) >= 11 is 0. The molecule has 3 saturated carbocycles. The number of aliphatic hydroxyl groups is 1. The molecule has 2 unspecified atom stereocenters. The second-order valence-electron chi connectivity index (χ2n) is 25.0. The van der Waals surface area contributed by atoms with Gasteiger partial charge in [0.05, 0.1) is 48.8 Å². The SMILES string of the molecule is CC(C)C(O)C1CCCCC1=O.CC(C)C=C1CCCCC1=O.CC(C)C=C1CCCNC1=O.COc1cc(/C=C/C(=O)N2CCCC(=CC(C)C)C2=O)cc(OC)c1OC.COc1cc(/C=C/C(=O)OC(C)(C)C)cc(OC)c1OC.O=C1CCCCC1. The van der Waals surface area contributed by atoms with Crippen molar-refractivity contribution in [2.24, 2.45) is 29.6 Å². The van der Waals surface area contributed by atoms with Crippen LogP contribution in [0.15, 0.2) is 71.4 Å². The number of nitrogens with zero attached hydrogens (tertiary/aromatic N) is 1. The number of likely N-dealkylation sites (tertiary alicyclic amines) is 1. The third kappa shape index (κ3) is 29.5. The topological polar surface area (TPSA) is 220 Å². The Bertz CT molecular complexity index is 2660. The Labute approximate surface area is 532 Å². The molecular weight excluding hydrogens is 1130 g/mol. The van der Waals surface area contributed by atoms with Gasteiger partial charge in [-0.2, -0.15) is 0 Å². The molecule has 17 nitrogen and oxygen atoms in total. The predicted octanol–water partition coefficient (Wildman–Crippen LogP) is 14.0. The smallest absolute Gasteiger partial charge is 0.331 e. The summed E-state index contributed by atoms with van der Waals surface area (Å²) in [5.41, 5.74) is 3.69. The van der Waals surface area contributed by atoms with Crippen LogP contribution in [0.5, 0.6) is 34.5 Å². The van der Waals surface area contributed by atoms with Gasteiger partial charge < -0.3 is 43.6 Å². The van der Waals surface area contributed by atoms with Crippen LogP contribution in [-0.2, 0) is 38.3 Å². The lowest BCUT2D eigenvalue weighted by atomic mass is 9.80. The third-order valence-corrected chi connectivity index (χ3v) is 14.6. The molecule has 5 aliphatic rings. The number of methoxy groups -OCH3 is 6. The van der Waals surface area contributed by atoms with E-state index in [0.29, 0.717) is 82.0 Å². The van der Waals surface area contributed by atoms with Gasteiger partial charge in [0.15, 0.2) is 28.8 Å². The van der Waals surface area contributed by atoms with Gasteiger partial charge in [0, 0.05) is 68.0 Å². The summed E-state index contributed by atoms with van der Waals surface area (Å²) in [4.78, 5) is 82.3. The maximum absolute atomic E-state index is 12.5. The van der Waals surface area contributed by atoms with Gasteiger partial charge in [-0.1, -0.05) is 86.5 Å². The van der Waals surface area contributed by atoms with Gasteiger partial charge >= 0.3 is 5.97 Å².